The number of aryl methyl sites for hydroxylation is 1. The molecule has 0 radical (unpaired) electrons. The Hall–Kier alpha value is -0.980. The van der Waals surface area contributed by atoms with E-state index in [1.807, 2.05) is 21.1 Å². The molecule has 1 aromatic rings. The molecule has 0 aliphatic heterocycles. The van der Waals surface area contributed by atoms with E-state index in [1.54, 1.807) is 11.0 Å². The maximum Gasteiger partial charge on any atom is 0.138 e. The first-order chi connectivity index (χ1) is 6.63. The fourth-order valence-electron chi connectivity index (χ4n) is 1.34. The van der Waals surface area contributed by atoms with Crippen LogP contribution in [0.15, 0.2) is 6.33 Å². The molecule has 0 saturated heterocycles. The van der Waals surface area contributed by atoms with Crippen molar-refractivity contribution in [3.63, 3.8) is 0 Å². The van der Waals surface area contributed by atoms with Crippen LogP contribution in [0.5, 0.6) is 0 Å². The van der Waals surface area contributed by atoms with Crippen molar-refractivity contribution in [3.8, 4) is 0 Å². The number of hydrogen-bond acceptors (Lipinski definition) is 5. The summed E-state index contributed by atoms with van der Waals surface area (Å²) in [6, 6.07) is 0.202. The van der Waals surface area contributed by atoms with Crippen LogP contribution in [0, 0.1) is 0 Å². The first kappa shape index (κ1) is 11.1. The molecule has 1 aromatic heterocycles. The van der Waals surface area contributed by atoms with Crippen molar-refractivity contribution in [1.29, 1.82) is 0 Å². The second-order valence-electron chi connectivity index (χ2n) is 3.63. The Labute approximate surface area is 84.1 Å². The van der Waals surface area contributed by atoms with E-state index in [-0.39, 0.29) is 6.04 Å². The van der Waals surface area contributed by atoms with E-state index in [4.69, 9.17) is 5.84 Å². The lowest BCUT2D eigenvalue weighted by Gasteiger charge is -2.19. The lowest BCUT2D eigenvalue weighted by Crippen LogP contribution is -2.44. The molecule has 0 aromatic carbocycles. The van der Waals surface area contributed by atoms with Crippen molar-refractivity contribution < 1.29 is 0 Å². The van der Waals surface area contributed by atoms with Gasteiger partial charge in [0.25, 0.3) is 0 Å². The molecule has 0 saturated carbocycles. The summed E-state index contributed by atoms with van der Waals surface area (Å²) in [4.78, 5) is 6.23. The van der Waals surface area contributed by atoms with Crippen molar-refractivity contribution >= 4 is 0 Å². The van der Waals surface area contributed by atoms with Gasteiger partial charge in [0.2, 0.25) is 0 Å². The Morgan fingerprint density at radius 3 is 2.79 bits per heavy atom. The quantitative estimate of drug-likeness (QED) is 0.457. The van der Waals surface area contributed by atoms with E-state index in [0.717, 1.165) is 18.8 Å². The summed E-state index contributed by atoms with van der Waals surface area (Å²) < 4.78 is 1.76. The minimum atomic E-state index is 0.202. The number of nitrogens with zero attached hydrogens (tertiary/aromatic N) is 4. The Morgan fingerprint density at radius 1 is 1.64 bits per heavy atom. The van der Waals surface area contributed by atoms with Gasteiger partial charge in [-0.15, -0.1) is 0 Å². The smallest absolute Gasteiger partial charge is 0.138 e. The molecule has 14 heavy (non-hydrogen) atoms. The summed E-state index contributed by atoms with van der Waals surface area (Å²) in [5.74, 6) is 6.39. The maximum atomic E-state index is 5.45. The third-order valence-electron chi connectivity index (χ3n) is 2.06. The molecule has 3 N–H and O–H groups in total. The molecule has 1 heterocycles. The van der Waals surface area contributed by atoms with Crippen LogP contribution in [0.25, 0.3) is 0 Å². The van der Waals surface area contributed by atoms with Gasteiger partial charge in [-0.05, 0) is 14.1 Å². The Morgan fingerprint density at radius 2 is 2.36 bits per heavy atom. The van der Waals surface area contributed by atoms with E-state index >= 15 is 0 Å². The van der Waals surface area contributed by atoms with Gasteiger partial charge in [0.15, 0.2) is 0 Å². The average Bonchev–Trinajstić information content (AvgIpc) is 2.50. The zero-order valence-electron chi connectivity index (χ0n) is 8.94. The predicted molar refractivity (Wildman–Crippen MR) is 54.4 cm³/mol. The van der Waals surface area contributed by atoms with Crippen LogP contribution in [-0.4, -0.2) is 46.3 Å². The van der Waals surface area contributed by atoms with Crippen LogP contribution < -0.4 is 11.3 Å². The normalized spacial score (nSPS) is 13.5. The van der Waals surface area contributed by atoms with Crippen molar-refractivity contribution in [1.82, 2.24) is 25.1 Å². The summed E-state index contributed by atoms with van der Waals surface area (Å²) in [5, 5.41) is 4.01. The van der Waals surface area contributed by atoms with Gasteiger partial charge in [-0.3, -0.25) is 16.0 Å². The van der Waals surface area contributed by atoms with Crippen LogP contribution >= 0.6 is 0 Å². The SMILES string of the molecule is CN(C)CC(Cc1ncnn1C)NN. The highest BCUT2D eigenvalue weighted by Crippen LogP contribution is 1.98. The first-order valence-corrected chi connectivity index (χ1v) is 4.57. The molecule has 80 valence electrons. The number of nitrogens with two attached hydrogens (primary N) is 1. The highest BCUT2D eigenvalue weighted by atomic mass is 15.3. The van der Waals surface area contributed by atoms with Crippen LogP contribution in [-0.2, 0) is 13.5 Å². The average molecular weight is 198 g/mol. The Balaban J connectivity index is 2.52. The molecule has 0 spiro atoms. The molecule has 0 bridgehead atoms. The predicted octanol–water partition coefficient (Wildman–Crippen LogP) is -1.25. The Bertz CT molecular complexity index is 269. The van der Waals surface area contributed by atoms with E-state index in [9.17, 15) is 0 Å². The number of hydrazine groups is 1. The number of aromatic nitrogens is 3. The van der Waals surface area contributed by atoms with E-state index in [2.05, 4.69) is 20.4 Å². The van der Waals surface area contributed by atoms with Crippen molar-refractivity contribution in [3.05, 3.63) is 12.2 Å². The topological polar surface area (TPSA) is 72.0 Å². The highest BCUT2D eigenvalue weighted by Gasteiger charge is 2.11. The monoisotopic (exact) mass is 198 g/mol. The van der Waals surface area contributed by atoms with E-state index < -0.39 is 0 Å². The van der Waals surface area contributed by atoms with Gasteiger partial charge in [0.05, 0.1) is 0 Å². The molecule has 0 fully saturated rings. The lowest BCUT2D eigenvalue weighted by atomic mass is 10.2. The minimum Gasteiger partial charge on any atom is -0.308 e. The molecule has 1 unspecified atom stereocenters. The maximum absolute atomic E-state index is 5.45. The molecule has 0 aliphatic carbocycles. The number of nitrogens with one attached hydrogen (secondary N) is 1. The fourth-order valence-corrected chi connectivity index (χ4v) is 1.34. The van der Waals surface area contributed by atoms with Crippen LogP contribution in [0.1, 0.15) is 5.82 Å². The number of likely N-dealkylation sites (N-methyl/N-ethyl adjacent to an activating group) is 1. The lowest BCUT2D eigenvalue weighted by molar-refractivity contribution is 0.334. The van der Waals surface area contributed by atoms with Gasteiger partial charge in [0.1, 0.15) is 12.2 Å². The van der Waals surface area contributed by atoms with Crippen molar-refractivity contribution in [2.75, 3.05) is 20.6 Å². The van der Waals surface area contributed by atoms with Crippen molar-refractivity contribution in [2.24, 2.45) is 12.9 Å². The molecular formula is C8H18N6. The molecule has 6 heteroatoms. The molecule has 1 rings (SSSR count). The number of rotatable bonds is 5. The third kappa shape index (κ3) is 3.06. The van der Waals surface area contributed by atoms with Gasteiger partial charge in [0, 0.05) is 26.1 Å². The van der Waals surface area contributed by atoms with Crippen LogP contribution in [0.2, 0.25) is 0 Å². The Kier molecular flexibility index (Phi) is 3.99. The largest absolute Gasteiger partial charge is 0.308 e. The molecule has 0 amide bonds. The molecule has 6 nitrogen and oxygen atoms in total. The first-order valence-electron chi connectivity index (χ1n) is 4.57. The van der Waals surface area contributed by atoms with Gasteiger partial charge in [-0.1, -0.05) is 0 Å². The molecule has 0 aliphatic rings. The van der Waals surface area contributed by atoms with Crippen LogP contribution in [0.3, 0.4) is 0 Å². The third-order valence-corrected chi connectivity index (χ3v) is 2.06. The minimum absolute atomic E-state index is 0.202. The van der Waals surface area contributed by atoms with E-state index in [1.165, 1.54) is 0 Å². The summed E-state index contributed by atoms with van der Waals surface area (Å²) in [6.07, 6.45) is 2.34. The zero-order chi connectivity index (χ0) is 10.6. The fraction of sp³-hybridized carbons (Fsp3) is 0.750. The van der Waals surface area contributed by atoms with Crippen LogP contribution in [0.4, 0.5) is 0 Å². The van der Waals surface area contributed by atoms with E-state index in [0.29, 0.717) is 0 Å². The van der Waals surface area contributed by atoms with Crippen molar-refractivity contribution in [2.45, 2.75) is 12.5 Å². The second kappa shape index (κ2) is 5.04. The summed E-state index contributed by atoms with van der Waals surface area (Å²) in [6.45, 7) is 0.878. The number of hydrogen-bond donors (Lipinski definition) is 2. The highest BCUT2D eigenvalue weighted by molar-refractivity contribution is 4.89. The zero-order valence-corrected chi connectivity index (χ0v) is 8.94. The van der Waals surface area contributed by atoms with Gasteiger partial charge in [-0.2, -0.15) is 5.10 Å². The van der Waals surface area contributed by atoms with Gasteiger partial charge in [-0.25, -0.2) is 4.98 Å². The summed E-state index contributed by atoms with van der Waals surface area (Å²) >= 11 is 0. The standard InChI is InChI=1S/C8H18N6/c1-13(2)5-7(12-9)4-8-10-6-11-14(8)3/h6-7,12H,4-5,9H2,1-3H3. The summed E-state index contributed by atoms with van der Waals surface area (Å²) in [5.41, 5.74) is 2.78. The summed E-state index contributed by atoms with van der Waals surface area (Å²) in [7, 11) is 5.91. The second-order valence-corrected chi connectivity index (χ2v) is 3.63. The molecule has 1 atom stereocenters. The van der Waals surface area contributed by atoms with Gasteiger partial charge < -0.3 is 4.90 Å². The van der Waals surface area contributed by atoms with Gasteiger partial charge >= 0.3 is 0 Å². The molecular weight excluding hydrogens is 180 g/mol.